The largest absolute Gasteiger partial charge is 0.496 e. The Bertz CT molecular complexity index is 456. The van der Waals surface area contributed by atoms with Crippen LogP contribution >= 0.6 is 23.1 Å². The maximum absolute atomic E-state index is 5.87. The molecule has 1 aromatic carbocycles. The Morgan fingerprint density at radius 2 is 2.12 bits per heavy atom. The van der Waals surface area contributed by atoms with Crippen molar-refractivity contribution in [2.75, 3.05) is 13.7 Å². The van der Waals surface area contributed by atoms with Gasteiger partial charge in [0.2, 0.25) is 0 Å². The van der Waals surface area contributed by atoms with Crippen molar-refractivity contribution >= 4 is 23.1 Å². The number of thiophene rings is 1. The summed E-state index contributed by atoms with van der Waals surface area (Å²) in [6.45, 7) is 0.600. The third-order valence-electron chi connectivity index (χ3n) is 2.45. The van der Waals surface area contributed by atoms with Gasteiger partial charge in [0, 0.05) is 12.1 Å². The molecule has 1 aromatic heterocycles. The van der Waals surface area contributed by atoms with Crippen LogP contribution in [0.15, 0.2) is 46.0 Å². The second kappa shape index (κ2) is 6.10. The number of ether oxygens (including phenoxy) is 1. The molecule has 2 N–H and O–H groups in total. The highest BCUT2D eigenvalue weighted by Crippen LogP contribution is 2.40. The van der Waals surface area contributed by atoms with Gasteiger partial charge >= 0.3 is 0 Å². The summed E-state index contributed by atoms with van der Waals surface area (Å²) < 4.78 is 6.67. The van der Waals surface area contributed by atoms with E-state index >= 15 is 0 Å². The van der Waals surface area contributed by atoms with Crippen LogP contribution in [0.25, 0.3) is 0 Å². The molecule has 17 heavy (non-hydrogen) atoms. The Balaban J connectivity index is 2.22. The molecule has 1 atom stereocenters. The number of hydrogen-bond donors (Lipinski definition) is 1. The van der Waals surface area contributed by atoms with Crippen LogP contribution in [0.1, 0.15) is 10.8 Å². The monoisotopic (exact) mass is 265 g/mol. The van der Waals surface area contributed by atoms with Gasteiger partial charge in [0.25, 0.3) is 0 Å². The van der Waals surface area contributed by atoms with E-state index in [2.05, 4.69) is 23.6 Å². The van der Waals surface area contributed by atoms with E-state index in [9.17, 15) is 0 Å². The lowest BCUT2D eigenvalue weighted by Crippen LogP contribution is -2.10. The van der Waals surface area contributed by atoms with E-state index in [4.69, 9.17) is 10.5 Å². The first-order chi connectivity index (χ1) is 8.35. The summed E-state index contributed by atoms with van der Waals surface area (Å²) in [5.74, 6) is 0.909. The smallest absolute Gasteiger partial charge is 0.123 e. The number of hydrogen-bond acceptors (Lipinski definition) is 4. The molecule has 0 fully saturated rings. The minimum Gasteiger partial charge on any atom is -0.496 e. The van der Waals surface area contributed by atoms with Gasteiger partial charge < -0.3 is 10.5 Å². The number of rotatable bonds is 5. The highest BCUT2D eigenvalue weighted by molar-refractivity contribution is 8.01. The maximum Gasteiger partial charge on any atom is 0.123 e. The Hall–Kier alpha value is -0.970. The highest BCUT2D eigenvalue weighted by Gasteiger charge is 2.15. The SMILES string of the molecule is COc1ccccc1C(CN)Sc1cccs1. The van der Waals surface area contributed by atoms with Crippen LogP contribution in [-0.4, -0.2) is 13.7 Å². The predicted molar refractivity (Wildman–Crippen MR) is 75.0 cm³/mol. The van der Waals surface area contributed by atoms with Crippen LogP contribution in [-0.2, 0) is 0 Å². The first-order valence-electron chi connectivity index (χ1n) is 5.38. The Morgan fingerprint density at radius 3 is 2.76 bits per heavy atom. The first-order valence-corrected chi connectivity index (χ1v) is 7.14. The molecule has 2 nitrogen and oxygen atoms in total. The summed E-state index contributed by atoms with van der Waals surface area (Å²) >= 11 is 3.53. The Kier molecular flexibility index (Phi) is 4.48. The Morgan fingerprint density at radius 1 is 1.29 bits per heavy atom. The molecule has 0 aliphatic rings. The van der Waals surface area contributed by atoms with Gasteiger partial charge in [-0.3, -0.25) is 0 Å². The van der Waals surface area contributed by atoms with Crippen molar-refractivity contribution in [3.63, 3.8) is 0 Å². The van der Waals surface area contributed by atoms with Crippen molar-refractivity contribution in [3.05, 3.63) is 47.3 Å². The van der Waals surface area contributed by atoms with Crippen LogP contribution in [0.5, 0.6) is 5.75 Å². The van der Waals surface area contributed by atoms with E-state index in [0.717, 1.165) is 11.3 Å². The van der Waals surface area contributed by atoms with Gasteiger partial charge in [-0.25, -0.2) is 0 Å². The van der Waals surface area contributed by atoms with Gasteiger partial charge in [0.05, 0.1) is 16.6 Å². The summed E-state index contributed by atoms with van der Waals surface area (Å²) in [5.41, 5.74) is 7.04. The van der Waals surface area contributed by atoms with Crippen LogP contribution in [0, 0.1) is 0 Å². The predicted octanol–water partition coefficient (Wildman–Crippen LogP) is 3.55. The van der Waals surface area contributed by atoms with Crippen LogP contribution in [0.2, 0.25) is 0 Å². The fourth-order valence-corrected chi connectivity index (χ4v) is 3.68. The van der Waals surface area contributed by atoms with Crippen molar-refractivity contribution in [2.24, 2.45) is 5.73 Å². The summed E-state index contributed by atoms with van der Waals surface area (Å²) in [6, 6.07) is 12.2. The third kappa shape index (κ3) is 3.03. The first kappa shape index (κ1) is 12.5. The molecule has 0 amide bonds. The zero-order valence-electron chi connectivity index (χ0n) is 9.63. The Labute approximate surface area is 110 Å². The van der Waals surface area contributed by atoms with Crippen molar-refractivity contribution < 1.29 is 4.74 Å². The molecule has 0 radical (unpaired) electrons. The van der Waals surface area contributed by atoms with Gasteiger partial charge in [-0.15, -0.1) is 23.1 Å². The van der Waals surface area contributed by atoms with Crippen molar-refractivity contribution in [1.82, 2.24) is 0 Å². The molecular formula is C13H15NOS2. The molecule has 1 heterocycles. The van der Waals surface area contributed by atoms with E-state index in [1.165, 1.54) is 4.21 Å². The van der Waals surface area contributed by atoms with Crippen molar-refractivity contribution in [3.8, 4) is 5.75 Å². The third-order valence-corrected chi connectivity index (χ3v) is 4.79. The van der Waals surface area contributed by atoms with Gasteiger partial charge in [0.1, 0.15) is 5.75 Å². The molecule has 2 aromatic rings. The number of thioether (sulfide) groups is 1. The molecule has 0 aliphatic heterocycles. The minimum atomic E-state index is 0.241. The topological polar surface area (TPSA) is 35.2 Å². The summed E-state index contributed by atoms with van der Waals surface area (Å²) in [4.78, 5) is 0. The molecular weight excluding hydrogens is 250 g/mol. The summed E-state index contributed by atoms with van der Waals surface area (Å²) in [6.07, 6.45) is 0. The van der Waals surface area contributed by atoms with E-state index in [1.807, 2.05) is 18.2 Å². The molecule has 90 valence electrons. The number of methoxy groups -OCH3 is 1. The fourth-order valence-electron chi connectivity index (χ4n) is 1.64. The van der Waals surface area contributed by atoms with Crippen molar-refractivity contribution in [1.29, 1.82) is 0 Å². The van der Waals surface area contributed by atoms with Crippen molar-refractivity contribution in [2.45, 2.75) is 9.46 Å². The van der Waals surface area contributed by atoms with E-state index < -0.39 is 0 Å². The van der Waals surface area contributed by atoms with E-state index in [-0.39, 0.29) is 5.25 Å². The zero-order chi connectivity index (χ0) is 12.1. The summed E-state index contributed by atoms with van der Waals surface area (Å²) in [5, 5.41) is 2.32. The normalized spacial score (nSPS) is 12.4. The molecule has 2 rings (SSSR count). The average molecular weight is 265 g/mol. The van der Waals surface area contributed by atoms with E-state index in [1.54, 1.807) is 30.2 Å². The lowest BCUT2D eigenvalue weighted by molar-refractivity contribution is 0.409. The zero-order valence-corrected chi connectivity index (χ0v) is 11.3. The van der Waals surface area contributed by atoms with Gasteiger partial charge in [-0.1, -0.05) is 24.3 Å². The molecule has 0 aliphatic carbocycles. The van der Waals surface area contributed by atoms with E-state index in [0.29, 0.717) is 6.54 Å². The molecule has 4 heteroatoms. The maximum atomic E-state index is 5.87. The lowest BCUT2D eigenvalue weighted by atomic mass is 10.1. The lowest BCUT2D eigenvalue weighted by Gasteiger charge is -2.16. The molecule has 0 saturated carbocycles. The van der Waals surface area contributed by atoms with Crippen LogP contribution < -0.4 is 10.5 Å². The second-order valence-corrected chi connectivity index (χ2v) is 5.97. The second-order valence-electron chi connectivity index (χ2n) is 3.52. The van der Waals surface area contributed by atoms with Crippen LogP contribution in [0.3, 0.4) is 0 Å². The number of nitrogens with two attached hydrogens (primary N) is 1. The number of benzene rings is 1. The quantitative estimate of drug-likeness (QED) is 0.840. The number of para-hydroxylation sites is 1. The molecule has 0 saturated heterocycles. The molecule has 0 bridgehead atoms. The average Bonchev–Trinajstić information content (AvgIpc) is 2.89. The summed E-state index contributed by atoms with van der Waals surface area (Å²) in [7, 11) is 1.70. The molecule has 1 unspecified atom stereocenters. The standard InChI is InChI=1S/C13H15NOS2/c1-15-11-6-3-2-5-10(11)12(9-14)17-13-7-4-8-16-13/h2-8,12H,9,14H2,1H3. The van der Waals surface area contributed by atoms with Gasteiger partial charge in [-0.05, 0) is 17.5 Å². The van der Waals surface area contributed by atoms with Crippen LogP contribution in [0.4, 0.5) is 0 Å². The highest BCUT2D eigenvalue weighted by atomic mass is 32.2. The fraction of sp³-hybridized carbons (Fsp3) is 0.231. The minimum absolute atomic E-state index is 0.241. The van der Waals surface area contributed by atoms with Gasteiger partial charge in [-0.2, -0.15) is 0 Å². The molecule has 0 spiro atoms. The van der Waals surface area contributed by atoms with Gasteiger partial charge in [0.15, 0.2) is 0 Å².